The Morgan fingerprint density at radius 2 is 2.00 bits per heavy atom. The van der Waals surface area contributed by atoms with Gasteiger partial charge in [-0.3, -0.25) is 4.79 Å². The molecule has 0 bridgehead atoms. The van der Waals surface area contributed by atoms with Crippen LogP contribution in [0.4, 0.5) is 10.5 Å². The van der Waals surface area contributed by atoms with Gasteiger partial charge in [0.1, 0.15) is 11.5 Å². The molecular weight excluding hydrogens is 264 g/mol. The Labute approximate surface area is 116 Å². The number of hydrogen-bond donors (Lipinski definition) is 3. The molecule has 7 nitrogen and oxygen atoms in total. The molecule has 0 saturated heterocycles. The van der Waals surface area contributed by atoms with Gasteiger partial charge >= 0.3 is 12.0 Å². The molecule has 1 aromatic rings. The topological polar surface area (TPSA) is 96.9 Å². The maximum absolute atomic E-state index is 11.7. The van der Waals surface area contributed by atoms with E-state index < -0.39 is 18.0 Å². The average molecular weight is 282 g/mol. The van der Waals surface area contributed by atoms with Crippen LogP contribution in [0, 0.1) is 0 Å². The quantitative estimate of drug-likeness (QED) is 0.737. The molecule has 7 heteroatoms. The highest BCUT2D eigenvalue weighted by Gasteiger charge is 2.13. The number of ether oxygens (including phenoxy) is 2. The Morgan fingerprint density at radius 3 is 2.55 bits per heavy atom. The summed E-state index contributed by atoms with van der Waals surface area (Å²) >= 11 is 0. The summed E-state index contributed by atoms with van der Waals surface area (Å²) < 4.78 is 10.2. The van der Waals surface area contributed by atoms with E-state index in [-0.39, 0.29) is 6.42 Å². The Morgan fingerprint density at radius 1 is 1.30 bits per heavy atom. The van der Waals surface area contributed by atoms with Gasteiger partial charge in [0, 0.05) is 12.1 Å². The van der Waals surface area contributed by atoms with Crippen molar-refractivity contribution in [3.8, 4) is 11.5 Å². The number of urea groups is 1. The van der Waals surface area contributed by atoms with Gasteiger partial charge in [-0.25, -0.2) is 4.79 Å². The molecule has 0 radical (unpaired) electrons. The number of amides is 2. The van der Waals surface area contributed by atoms with Gasteiger partial charge in [-0.1, -0.05) is 0 Å². The van der Waals surface area contributed by atoms with Crippen LogP contribution in [0.2, 0.25) is 0 Å². The minimum Gasteiger partial charge on any atom is -0.497 e. The molecule has 0 aromatic heterocycles. The summed E-state index contributed by atoms with van der Waals surface area (Å²) in [6.45, 7) is 1.61. The van der Waals surface area contributed by atoms with E-state index in [1.165, 1.54) is 14.2 Å². The first-order valence-corrected chi connectivity index (χ1v) is 5.97. The van der Waals surface area contributed by atoms with Crippen LogP contribution in [0.5, 0.6) is 11.5 Å². The third kappa shape index (κ3) is 4.68. The number of hydrogen-bond acceptors (Lipinski definition) is 4. The lowest BCUT2D eigenvalue weighted by molar-refractivity contribution is -0.137. The summed E-state index contributed by atoms with van der Waals surface area (Å²) in [7, 11) is 3.01. The van der Waals surface area contributed by atoms with Gasteiger partial charge in [0.25, 0.3) is 0 Å². The van der Waals surface area contributed by atoms with Crippen LogP contribution in [0.15, 0.2) is 18.2 Å². The second kappa shape index (κ2) is 7.22. The van der Waals surface area contributed by atoms with Crippen LogP contribution >= 0.6 is 0 Å². The largest absolute Gasteiger partial charge is 0.497 e. The van der Waals surface area contributed by atoms with Crippen molar-refractivity contribution in [2.75, 3.05) is 19.5 Å². The smallest absolute Gasteiger partial charge is 0.319 e. The Balaban J connectivity index is 2.68. The van der Waals surface area contributed by atoms with E-state index in [2.05, 4.69) is 10.6 Å². The standard InChI is InChI=1S/C13H18N2O5/c1-8(6-12(16)17)14-13(18)15-10-5-4-9(19-2)7-11(10)20-3/h4-5,7-8H,6H2,1-3H3,(H,16,17)(H2,14,15,18). The monoisotopic (exact) mass is 282 g/mol. The van der Waals surface area contributed by atoms with E-state index in [9.17, 15) is 9.59 Å². The highest BCUT2D eigenvalue weighted by atomic mass is 16.5. The minimum atomic E-state index is -0.972. The van der Waals surface area contributed by atoms with Crippen LogP contribution < -0.4 is 20.1 Å². The first-order chi connectivity index (χ1) is 9.46. The van der Waals surface area contributed by atoms with Crippen molar-refractivity contribution >= 4 is 17.7 Å². The van der Waals surface area contributed by atoms with E-state index >= 15 is 0 Å². The number of rotatable bonds is 6. The summed E-state index contributed by atoms with van der Waals surface area (Å²) in [5.41, 5.74) is 0.466. The molecule has 0 heterocycles. The fraction of sp³-hybridized carbons (Fsp3) is 0.385. The Hall–Kier alpha value is -2.44. The maximum atomic E-state index is 11.7. The number of nitrogens with one attached hydrogen (secondary N) is 2. The fourth-order valence-corrected chi connectivity index (χ4v) is 1.60. The number of methoxy groups -OCH3 is 2. The first-order valence-electron chi connectivity index (χ1n) is 5.97. The summed E-state index contributed by atoms with van der Waals surface area (Å²) in [4.78, 5) is 22.2. The first kappa shape index (κ1) is 15.6. The summed E-state index contributed by atoms with van der Waals surface area (Å²) in [6.07, 6.45) is -0.146. The molecule has 3 N–H and O–H groups in total. The van der Waals surface area contributed by atoms with Gasteiger partial charge in [0.15, 0.2) is 0 Å². The number of aliphatic carboxylic acids is 1. The molecule has 0 fully saturated rings. The van der Waals surface area contributed by atoms with E-state index in [1.807, 2.05) is 0 Å². The van der Waals surface area contributed by atoms with Crippen LogP contribution in [0.25, 0.3) is 0 Å². The van der Waals surface area contributed by atoms with Crippen molar-refractivity contribution in [1.29, 1.82) is 0 Å². The van der Waals surface area contributed by atoms with Crippen molar-refractivity contribution < 1.29 is 24.2 Å². The van der Waals surface area contributed by atoms with Crippen LogP contribution in [0.1, 0.15) is 13.3 Å². The number of carbonyl (C=O) groups excluding carboxylic acids is 1. The summed E-state index contributed by atoms with van der Waals surface area (Å²) in [6, 6.07) is 3.98. The molecular formula is C13H18N2O5. The van der Waals surface area contributed by atoms with Gasteiger partial charge in [0.05, 0.1) is 26.3 Å². The molecule has 20 heavy (non-hydrogen) atoms. The second-order valence-electron chi connectivity index (χ2n) is 4.16. The average Bonchev–Trinajstić information content (AvgIpc) is 2.37. The lowest BCUT2D eigenvalue weighted by atomic mass is 10.2. The summed E-state index contributed by atoms with van der Waals surface area (Å²) in [5, 5.41) is 13.7. The van der Waals surface area contributed by atoms with E-state index in [0.29, 0.717) is 17.2 Å². The van der Waals surface area contributed by atoms with Crippen LogP contribution in [-0.2, 0) is 4.79 Å². The number of benzene rings is 1. The number of anilines is 1. The molecule has 2 amide bonds. The van der Waals surface area contributed by atoms with Gasteiger partial charge < -0.3 is 25.2 Å². The normalized spacial score (nSPS) is 11.3. The van der Waals surface area contributed by atoms with Gasteiger partial charge in [-0.05, 0) is 19.1 Å². The lowest BCUT2D eigenvalue weighted by Crippen LogP contribution is -2.37. The predicted molar refractivity (Wildman–Crippen MR) is 73.4 cm³/mol. The van der Waals surface area contributed by atoms with Gasteiger partial charge in [-0.15, -0.1) is 0 Å². The highest BCUT2D eigenvalue weighted by molar-refractivity contribution is 5.91. The van der Waals surface area contributed by atoms with Gasteiger partial charge in [0.2, 0.25) is 0 Å². The lowest BCUT2D eigenvalue weighted by Gasteiger charge is -2.15. The predicted octanol–water partition coefficient (Wildman–Crippen LogP) is 1.69. The second-order valence-corrected chi connectivity index (χ2v) is 4.16. The SMILES string of the molecule is COc1ccc(NC(=O)NC(C)CC(=O)O)c(OC)c1. The van der Waals surface area contributed by atoms with Crippen molar-refractivity contribution in [2.24, 2.45) is 0 Å². The summed E-state index contributed by atoms with van der Waals surface area (Å²) in [5.74, 6) is 0.0808. The minimum absolute atomic E-state index is 0.146. The molecule has 0 saturated carbocycles. The number of carboxylic acids is 1. The van der Waals surface area contributed by atoms with Crippen LogP contribution in [0.3, 0.4) is 0 Å². The fourth-order valence-electron chi connectivity index (χ4n) is 1.60. The molecule has 1 unspecified atom stereocenters. The van der Waals surface area contributed by atoms with Crippen molar-refractivity contribution in [2.45, 2.75) is 19.4 Å². The van der Waals surface area contributed by atoms with Crippen molar-refractivity contribution in [3.63, 3.8) is 0 Å². The van der Waals surface area contributed by atoms with Crippen molar-refractivity contribution in [1.82, 2.24) is 5.32 Å². The van der Waals surface area contributed by atoms with E-state index in [0.717, 1.165) is 0 Å². The van der Waals surface area contributed by atoms with Crippen LogP contribution in [-0.4, -0.2) is 37.4 Å². The zero-order valence-corrected chi connectivity index (χ0v) is 11.6. The zero-order chi connectivity index (χ0) is 15.1. The third-order valence-corrected chi connectivity index (χ3v) is 2.52. The van der Waals surface area contributed by atoms with E-state index in [1.54, 1.807) is 25.1 Å². The third-order valence-electron chi connectivity index (χ3n) is 2.52. The molecule has 1 atom stereocenters. The Kier molecular flexibility index (Phi) is 5.64. The molecule has 1 aromatic carbocycles. The highest BCUT2D eigenvalue weighted by Crippen LogP contribution is 2.28. The molecule has 1 rings (SSSR count). The Bertz CT molecular complexity index is 490. The zero-order valence-electron chi connectivity index (χ0n) is 11.6. The molecule has 0 aliphatic rings. The van der Waals surface area contributed by atoms with Gasteiger partial charge in [-0.2, -0.15) is 0 Å². The molecule has 0 aliphatic heterocycles. The number of carboxylic acid groups (broad SMARTS) is 1. The maximum Gasteiger partial charge on any atom is 0.319 e. The van der Waals surface area contributed by atoms with E-state index in [4.69, 9.17) is 14.6 Å². The molecule has 110 valence electrons. The molecule has 0 aliphatic carbocycles. The number of carbonyl (C=O) groups is 2. The molecule has 0 spiro atoms. The van der Waals surface area contributed by atoms with Crippen molar-refractivity contribution in [3.05, 3.63) is 18.2 Å².